The number of likely N-dealkylation sites (N-methyl/N-ethyl adjacent to an activating group) is 1. The van der Waals surface area contributed by atoms with Gasteiger partial charge in [-0.05, 0) is 143 Å². The van der Waals surface area contributed by atoms with E-state index in [2.05, 4.69) is 55.4 Å². The third kappa shape index (κ3) is 18.3. The van der Waals surface area contributed by atoms with Crippen LogP contribution in [0.1, 0.15) is 78.8 Å². The molecule has 6 atom stereocenters. The Kier molecular flexibility index (Phi) is 22.4. The molecule has 18 nitrogen and oxygen atoms in total. The van der Waals surface area contributed by atoms with Crippen LogP contribution in [0.25, 0.3) is 0 Å². The van der Waals surface area contributed by atoms with Crippen molar-refractivity contribution in [3.63, 3.8) is 0 Å². The van der Waals surface area contributed by atoms with Gasteiger partial charge in [-0.2, -0.15) is 0 Å². The number of primary amides is 1. The monoisotopic (exact) mass is 1020 g/mol. The SMILES string of the molecule is Cc1cc(O)cc(C)c1C[C@H](N)C(=O)N[C@H](CCCN=C(N)N)C(=O)N[C@@H](Cc1ccccc1)C(=O)N(C)[C@@H](C)C(=O)N[C@@H](CCCN1CCC(Cc2ccccc2)CC1)C(=O)N[C@@H](Cc1ccccc1)C(N)=O. The second-order valence-corrected chi connectivity index (χ2v) is 19.6. The van der Waals surface area contributed by atoms with E-state index in [4.69, 9.17) is 22.9 Å². The van der Waals surface area contributed by atoms with Crippen LogP contribution in [0.4, 0.5) is 0 Å². The van der Waals surface area contributed by atoms with Crippen molar-refractivity contribution in [1.29, 1.82) is 0 Å². The molecule has 1 aliphatic heterocycles. The molecule has 0 spiro atoms. The molecule has 0 saturated carbocycles. The Labute approximate surface area is 435 Å². The molecule has 0 aromatic heterocycles. The van der Waals surface area contributed by atoms with Gasteiger partial charge >= 0.3 is 0 Å². The Hall–Kier alpha value is -7.31. The molecular weight excluding hydrogens is 939 g/mol. The highest BCUT2D eigenvalue weighted by Crippen LogP contribution is 2.24. The highest BCUT2D eigenvalue weighted by molar-refractivity contribution is 5.96. The molecule has 74 heavy (non-hydrogen) atoms. The van der Waals surface area contributed by atoms with Crippen LogP contribution in [-0.2, 0) is 54.5 Å². The second kappa shape index (κ2) is 28.8. The number of rotatable bonds is 27. The van der Waals surface area contributed by atoms with Gasteiger partial charge in [0, 0.05) is 26.4 Å². The number of piperidine rings is 1. The smallest absolute Gasteiger partial charge is 0.245 e. The minimum atomic E-state index is -1.22. The second-order valence-electron chi connectivity index (χ2n) is 19.6. The van der Waals surface area contributed by atoms with E-state index in [-0.39, 0.29) is 56.8 Å². The van der Waals surface area contributed by atoms with Crippen LogP contribution in [0.15, 0.2) is 108 Å². The number of guanidine groups is 1. The Morgan fingerprint density at radius 3 is 1.66 bits per heavy atom. The summed E-state index contributed by atoms with van der Waals surface area (Å²) >= 11 is 0. The molecule has 1 aliphatic rings. The molecule has 1 heterocycles. The largest absolute Gasteiger partial charge is 0.508 e. The maximum Gasteiger partial charge on any atom is 0.245 e. The maximum atomic E-state index is 14.6. The fourth-order valence-corrected chi connectivity index (χ4v) is 9.38. The highest BCUT2D eigenvalue weighted by Gasteiger charge is 2.35. The number of carbonyl (C=O) groups excluding carboxylic acids is 6. The minimum absolute atomic E-state index is 0.0299. The van der Waals surface area contributed by atoms with Gasteiger partial charge in [-0.3, -0.25) is 33.8 Å². The number of likely N-dealkylation sites (tertiary alicyclic amines) is 1. The number of phenols is 1. The van der Waals surface area contributed by atoms with E-state index in [9.17, 15) is 33.9 Å². The predicted molar refractivity (Wildman–Crippen MR) is 287 cm³/mol. The number of phenolic OH excluding ortho intramolecular Hbond substituents is 1. The predicted octanol–water partition coefficient (Wildman–Crippen LogP) is 2.42. The molecule has 6 amide bonds. The third-order valence-corrected chi connectivity index (χ3v) is 13.8. The summed E-state index contributed by atoms with van der Waals surface area (Å²) in [5, 5.41) is 21.3. The van der Waals surface area contributed by atoms with Crippen molar-refractivity contribution in [2.45, 2.75) is 121 Å². The first-order chi connectivity index (χ1) is 35.4. The van der Waals surface area contributed by atoms with Crippen molar-refractivity contribution < 1.29 is 33.9 Å². The quantitative estimate of drug-likeness (QED) is 0.0238. The van der Waals surface area contributed by atoms with E-state index in [1.54, 1.807) is 50.2 Å². The van der Waals surface area contributed by atoms with Crippen molar-refractivity contribution in [2.75, 3.05) is 33.2 Å². The van der Waals surface area contributed by atoms with Gasteiger partial charge in [0.15, 0.2) is 5.96 Å². The summed E-state index contributed by atoms with van der Waals surface area (Å²) in [5.74, 6) is -3.32. The molecule has 0 radical (unpaired) electrons. The van der Waals surface area contributed by atoms with Crippen molar-refractivity contribution in [2.24, 2.45) is 33.8 Å². The van der Waals surface area contributed by atoms with E-state index < -0.39 is 71.7 Å². The van der Waals surface area contributed by atoms with Crippen LogP contribution >= 0.6 is 0 Å². The zero-order valence-electron chi connectivity index (χ0n) is 43.3. The lowest BCUT2D eigenvalue weighted by Gasteiger charge is -2.33. The summed E-state index contributed by atoms with van der Waals surface area (Å²) in [4.78, 5) is 91.3. The normalized spacial score (nSPS) is 15.3. The van der Waals surface area contributed by atoms with Crippen molar-refractivity contribution >= 4 is 41.4 Å². The average molecular weight is 1020 g/mol. The number of aromatic hydroxyl groups is 1. The lowest BCUT2D eigenvalue weighted by atomic mass is 9.90. The van der Waals surface area contributed by atoms with Gasteiger partial charge in [-0.1, -0.05) is 91.0 Å². The molecule has 0 aliphatic carbocycles. The summed E-state index contributed by atoms with van der Waals surface area (Å²) in [6.07, 6.45) is 4.58. The number of nitrogens with zero attached hydrogens (tertiary/aromatic N) is 3. The first-order valence-corrected chi connectivity index (χ1v) is 25.6. The maximum absolute atomic E-state index is 14.6. The standard InChI is InChI=1S/C56H77N11O7/c1-36-30-43(68)31-37(2)44(36)35-45(57)52(71)63-46(22-14-26-61-56(59)60)54(73)65-49(34-41-20-12-7-13-21-41)55(74)66(4)38(3)51(70)62-47(53(72)64-48(50(58)69)33-40-18-10-6-11-19-40)23-15-27-67-28-24-42(25-29-67)32-39-16-8-5-9-17-39/h5-13,16-21,30-31,38,42,45-49,68H,14-15,22-29,32-35,57H2,1-4H3,(H2,58,69)(H,62,70)(H,63,71)(H,64,72)(H,65,73)(H4,59,60,61)/t38-,45-,46+,47-,48-,49-/m0/s1. The molecule has 4 aromatic carbocycles. The van der Waals surface area contributed by atoms with Gasteiger partial charge in [0.2, 0.25) is 35.4 Å². The highest BCUT2D eigenvalue weighted by atomic mass is 16.3. The van der Waals surface area contributed by atoms with Crippen LogP contribution in [0, 0.1) is 19.8 Å². The fourth-order valence-electron chi connectivity index (χ4n) is 9.38. The van der Waals surface area contributed by atoms with Crippen molar-refractivity contribution in [3.05, 3.63) is 137 Å². The van der Waals surface area contributed by atoms with E-state index in [1.165, 1.54) is 24.4 Å². The fraction of sp³-hybridized carbons (Fsp3) is 0.446. The summed E-state index contributed by atoms with van der Waals surface area (Å²) in [5.41, 5.74) is 28.4. The Morgan fingerprint density at radius 1 is 0.662 bits per heavy atom. The van der Waals surface area contributed by atoms with Crippen molar-refractivity contribution in [3.8, 4) is 5.75 Å². The molecule has 13 N–H and O–H groups in total. The number of hydrogen-bond donors (Lipinski definition) is 9. The van der Waals surface area contributed by atoms with E-state index in [0.29, 0.717) is 24.4 Å². The summed E-state index contributed by atoms with van der Waals surface area (Å²) in [7, 11) is 1.44. The zero-order valence-corrected chi connectivity index (χ0v) is 43.3. The van der Waals surface area contributed by atoms with Gasteiger partial charge in [-0.15, -0.1) is 0 Å². The van der Waals surface area contributed by atoms with Crippen LogP contribution in [0.3, 0.4) is 0 Å². The molecule has 4 aromatic rings. The zero-order chi connectivity index (χ0) is 53.7. The number of nitrogens with two attached hydrogens (primary N) is 4. The van der Waals surface area contributed by atoms with Crippen LogP contribution in [0.2, 0.25) is 0 Å². The molecular formula is C56H77N11O7. The number of aryl methyl sites for hydroxylation is 2. The average Bonchev–Trinajstić information content (AvgIpc) is 3.37. The van der Waals surface area contributed by atoms with Crippen LogP contribution in [-0.4, -0.2) is 126 Å². The number of benzene rings is 4. The third-order valence-electron chi connectivity index (χ3n) is 13.8. The van der Waals surface area contributed by atoms with Crippen molar-refractivity contribution in [1.82, 2.24) is 31.1 Å². The molecule has 5 rings (SSSR count). The minimum Gasteiger partial charge on any atom is -0.508 e. The first kappa shape index (κ1) is 57.6. The molecule has 398 valence electrons. The van der Waals surface area contributed by atoms with Gasteiger partial charge in [0.25, 0.3) is 0 Å². The molecule has 1 saturated heterocycles. The van der Waals surface area contributed by atoms with Gasteiger partial charge in [0.1, 0.15) is 36.0 Å². The number of aliphatic imine (C=N–C) groups is 1. The Morgan fingerprint density at radius 2 is 1.14 bits per heavy atom. The van der Waals surface area contributed by atoms with Crippen LogP contribution in [0.5, 0.6) is 5.75 Å². The summed E-state index contributed by atoms with van der Waals surface area (Å²) in [6, 6.07) is 25.1. The lowest BCUT2D eigenvalue weighted by molar-refractivity contribution is -0.142. The van der Waals surface area contributed by atoms with Gasteiger partial charge in [0.05, 0.1) is 6.04 Å². The summed E-state index contributed by atoms with van der Waals surface area (Å²) in [6.45, 7) is 7.80. The molecule has 1 fully saturated rings. The number of amides is 6. The first-order valence-electron chi connectivity index (χ1n) is 25.6. The number of hydrogen-bond acceptors (Lipinski definition) is 10. The lowest BCUT2D eigenvalue weighted by Crippen LogP contribution is -2.59. The summed E-state index contributed by atoms with van der Waals surface area (Å²) < 4.78 is 0. The number of carbonyl (C=O) groups is 6. The van der Waals surface area contributed by atoms with Gasteiger partial charge in [-0.25, -0.2) is 0 Å². The molecule has 18 heteroatoms. The van der Waals surface area contributed by atoms with Crippen LogP contribution < -0.4 is 44.2 Å². The topological polar surface area (TPSA) is 294 Å². The number of nitrogens with one attached hydrogen (secondary N) is 4. The van der Waals surface area contributed by atoms with Gasteiger partial charge < -0.3 is 59.1 Å². The van der Waals surface area contributed by atoms with E-state index in [0.717, 1.165) is 54.6 Å². The van der Waals surface area contributed by atoms with E-state index in [1.807, 2.05) is 42.5 Å². The molecule has 0 bridgehead atoms. The Bertz CT molecular complexity index is 2480. The van der Waals surface area contributed by atoms with E-state index >= 15 is 0 Å². The molecule has 0 unspecified atom stereocenters. The Balaban J connectivity index is 1.30.